The van der Waals surface area contributed by atoms with Crippen LogP contribution in [-0.2, 0) is 0 Å². The minimum Gasteiger partial charge on any atom is -0.321 e. The Hall–Kier alpha value is -0.980. The van der Waals surface area contributed by atoms with Gasteiger partial charge in [-0.1, -0.05) is 12.1 Å². The molecule has 0 saturated carbocycles. The molecule has 1 N–H and O–H groups in total. The van der Waals surface area contributed by atoms with Crippen LogP contribution in [0.25, 0.3) is 0 Å². The summed E-state index contributed by atoms with van der Waals surface area (Å²) in [4.78, 5) is 23.2. The van der Waals surface area contributed by atoms with Gasteiger partial charge in [-0.3, -0.25) is 9.59 Å². The minimum atomic E-state index is -0.200. The lowest BCUT2D eigenvalue weighted by molar-refractivity contribution is 0.102. The number of amides is 1. The lowest BCUT2D eigenvalue weighted by Crippen LogP contribution is -2.10. The van der Waals surface area contributed by atoms with Gasteiger partial charge in [0.05, 0.1) is 8.66 Å². The van der Waals surface area contributed by atoms with E-state index >= 15 is 0 Å². The third-order valence-electron chi connectivity index (χ3n) is 2.15. The van der Waals surface area contributed by atoms with Crippen LogP contribution in [-0.4, -0.2) is 12.2 Å². The monoisotopic (exact) mass is 387 g/mol. The molecule has 92 valence electrons. The normalized spacial score (nSPS) is 10.1. The molecule has 0 fully saturated rings. The van der Waals surface area contributed by atoms with Gasteiger partial charge in [0.25, 0.3) is 5.91 Å². The Labute approximate surface area is 124 Å². The fraction of sp³-hybridized carbons (Fsp3) is 0. The number of anilines is 1. The molecular formula is C12H7Br2NO2S. The first kappa shape index (κ1) is 13.5. The highest BCUT2D eigenvalue weighted by Gasteiger charge is 2.12. The molecule has 1 aromatic heterocycles. The molecule has 0 unspecified atom stereocenters. The predicted octanol–water partition coefficient (Wildman–Crippen LogP) is 4.34. The molecule has 2 aromatic rings. The largest absolute Gasteiger partial charge is 0.321 e. The topological polar surface area (TPSA) is 46.2 Å². The van der Waals surface area contributed by atoms with Crippen molar-refractivity contribution in [1.82, 2.24) is 0 Å². The van der Waals surface area contributed by atoms with Gasteiger partial charge in [0, 0.05) is 15.7 Å². The van der Waals surface area contributed by atoms with E-state index in [0.717, 1.165) is 14.5 Å². The predicted molar refractivity (Wildman–Crippen MR) is 79.5 cm³/mol. The van der Waals surface area contributed by atoms with Gasteiger partial charge in [-0.25, -0.2) is 0 Å². The van der Waals surface area contributed by atoms with Crippen molar-refractivity contribution in [1.29, 1.82) is 0 Å². The molecular weight excluding hydrogens is 382 g/mol. The number of nitrogens with one attached hydrogen (secondary N) is 1. The van der Waals surface area contributed by atoms with Gasteiger partial charge in [0.15, 0.2) is 0 Å². The molecule has 18 heavy (non-hydrogen) atoms. The van der Waals surface area contributed by atoms with Crippen LogP contribution in [0.2, 0.25) is 0 Å². The number of rotatable bonds is 3. The summed E-state index contributed by atoms with van der Waals surface area (Å²) in [7, 11) is 0. The maximum Gasteiger partial charge on any atom is 0.265 e. The van der Waals surface area contributed by atoms with Crippen LogP contribution in [0.15, 0.2) is 38.6 Å². The summed E-state index contributed by atoms with van der Waals surface area (Å²) < 4.78 is 1.72. The van der Waals surface area contributed by atoms with Crippen molar-refractivity contribution in [3.8, 4) is 0 Å². The Bertz CT molecular complexity index is 590. The van der Waals surface area contributed by atoms with E-state index in [9.17, 15) is 9.59 Å². The molecule has 1 amide bonds. The zero-order valence-corrected chi connectivity index (χ0v) is 12.9. The first-order valence-electron chi connectivity index (χ1n) is 4.91. The molecule has 0 aliphatic carbocycles. The van der Waals surface area contributed by atoms with Gasteiger partial charge < -0.3 is 5.32 Å². The highest BCUT2D eigenvalue weighted by atomic mass is 79.9. The highest BCUT2D eigenvalue weighted by molar-refractivity contribution is 9.13. The van der Waals surface area contributed by atoms with Crippen LogP contribution in [0.4, 0.5) is 5.69 Å². The number of benzene rings is 1. The van der Waals surface area contributed by atoms with Crippen molar-refractivity contribution in [3.05, 3.63) is 49.0 Å². The molecule has 0 atom stereocenters. The summed E-state index contributed by atoms with van der Waals surface area (Å²) in [6.07, 6.45) is 0.744. The van der Waals surface area contributed by atoms with Crippen LogP contribution >= 0.6 is 43.2 Å². The zero-order valence-electron chi connectivity index (χ0n) is 8.94. The van der Waals surface area contributed by atoms with E-state index in [4.69, 9.17) is 0 Å². The molecule has 0 radical (unpaired) electrons. The van der Waals surface area contributed by atoms with E-state index in [1.807, 2.05) is 0 Å². The number of carbonyl (C=O) groups is 2. The number of carbonyl (C=O) groups excluding carboxylic acids is 2. The van der Waals surface area contributed by atoms with Gasteiger partial charge in [0.2, 0.25) is 0 Å². The van der Waals surface area contributed by atoms with Crippen LogP contribution in [0.3, 0.4) is 0 Å². The van der Waals surface area contributed by atoms with E-state index in [2.05, 4.69) is 37.2 Å². The summed E-state index contributed by atoms with van der Waals surface area (Å²) in [5.74, 6) is -0.200. The molecule has 0 aliphatic rings. The van der Waals surface area contributed by atoms with Crippen molar-refractivity contribution < 1.29 is 9.59 Å². The van der Waals surface area contributed by atoms with Gasteiger partial charge in [-0.05, 0) is 50.1 Å². The van der Waals surface area contributed by atoms with Crippen LogP contribution in [0.5, 0.6) is 0 Å². The van der Waals surface area contributed by atoms with Gasteiger partial charge in [-0.2, -0.15) is 0 Å². The van der Waals surface area contributed by atoms with E-state index in [1.165, 1.54) is 11.3 Å². The summed E-state index contributed by atoms with van der Waals surface area (Å²) in [6.45, 7) is 0. The van der Waals surface area contributed by atoms with Crippen LogP contribution in [0, 0.1) is 0 Å². The Balaban J connectivity index is 2.18. The van der Waals surface area contributed by atoms with Gasteiger partial charge in [0.1, 0.15) is 6.29 Å². The summed E-state index contributed by atoms with van der Waals surface area (Å²) in [5.41, 5.74) is 1.13. The maximum atomic E-state index is 11.9. The average molecular weight is 389 g/mol. The molecule has 0 saturated heterocycles. The number of halogens is 2. The van der Waals surface area contributed by atoms with Crippen molar-refractivity contribution in [2.45, 2.75) is 0 Å². The van der Waals surface area contributed by atoms with Crippen molar-refractivity contribution in [3.63, 3.8) is 0 Å². The molecule has 1 aromatic carbocycles. The standard InChI is InChI=1S/C12H7Br2NO2S/c13-9-5-10(18-11(9)14)12(17)15-8-3-1-2-7(4-8)6-16/h1-6H,(H,15,17). The lowest BCUT2D eigenvalue weighted by atomic mass is 10.2. The van der Waals surface area contributed by atoms with Gasteiger partial charge >= 0.3 is 0 Å². The van der Waals surface area contributed by atoms with E-state index < -0.39 is 0 Å². The molecule has 1 heterocycles. The molecule has 3 nitrogen and oxygen atoms in total. The first-order chi connectivity index (χ1) is 8.60. The highest BCUT2D eigenvalue weighted by Crippen LogP contribution is 2.32. The van der Waals surface area contributed by atoms with E-state index in [0.29, 0.717) is 16.1 Å². The van der Waals surface area contributed by atoms with Crippen molar-refractivity contribution in [2.24, 2.45) is 0 Å². The number of hydrogen-bond acceptors (Lipinski definition) is 3. The molecule has 0 spiro atoms. The second-order valence-corrected chi connectivity index (χ2v) is 6.65. The number of thiophene rings is 1. The quantitative estimate of drug-likeness (QED) is 0.795. The number of hydrogen-bond donors (Lipinski definition) is 1. The van der Waals surface area contributed by atoms with Gasteiger partial charge in [-0.15, -0.1) is 11.3 Å². The molecule has 2 rings (SSSR count). The maximum absolute atomic E-state index is 11.9. The second-order valence-electron chi connectivity index (χ2n) is 3.43. The summed E-state index contributed by atoms with van der Waals surface area (Å²) >= 11 is 8.01. The lowest BCUT2D eigenvalue weighted by Gasteiger charge is -2.03. The Morgan fingerprint density at radius 2 is 2.06 bits per heavy atom. The Morgan fingerprint density at radius 1 is 1.28 bits per heavy atom. The minimum absolute atomic E-state index is 0.200. The fourth-order valence-corrected chi connectivity index (χ4v) is 3.27. The second kappa shape index (κ2) is 5.77. The van der Waals surface area contributed by atoms with E-state index in [1.54, 1.807) is 30.3 Å². The summed E-state index contributed by atoms with van der Waals surface area (Å²) in [6, 6.07) is 8.51. The SMILES string of the molecule is O=Cc1cccc(NC(=O)c2cc(Br)c(Br)s2)c1. The third kappa shape index (κ3) is 3.07. The smallest absolute Gasteiger partial charge is 0.265 e. The van der Waals surface area contributed by atoms with Crippen LogP contribution < -0.4 is 5.32 Å². The summed E-state index contributed by atoms with van der Waals surface area (Å²) in [5, 5.41) is 2.74. The number of aldehydes is 1. The fourth-order valence-electron chi connectivity index (χ4n) is 1.34. The third-order valence-corrected chi connectivity index (χ3v) is 5.40. The molecule has 0 aliphatic heterocycles. The van der Waals surface area contributed by atoms with Crippen molar-refractivity contribution >= 4 is 61.1 Å². The first-order valence-corrected chi connectivity index (χ1v) is 7.32. The molecule has 0 bridgehead atoms. The zero-order chi connectivity index (χ0) is 13.1. The average Bonchev–Trinajstić information content (AvgIpc) is 2.70. The Morgan fingerprint density at radius 3 is 2.67 bits per heavy atom. The van der Waals surface area contributed by atoms with E-state index in [-0.39, 0.29) is 5.91 Å². The van der Waals surface area contributed by atoms with Crippen molar-refractivity contribution in [2.75, 3.05) is 5.32 Å². The Kier molecular flexibility index (Phi) is 4.31. The molecule has 6 heteroatoms. The van der Waals surface area contributed by atoms with Crippen LogP contribution in [0.1, 0.15) is 20.0 Å².